The van der Waals surface area contributed by atoms with E-state index in [2.05, 4.69) is 14.9 Å². The van der Waals surface area contributed by atoms with Crippen molar-refractivity contribution >= 4 is 5.97 Å². The zero-order valence-corrected chi connectivity index (χ0v) is 9.95. The number of ether oxygens (including phenoxy) is 1. The van der Waals surface area contributed by atoms with Crippen LogP contribution in [0.15, 0.2) is 18.2 Å². The van der Waals surface area contributed by atoms with Crippen LogP contribution < -0.4 is 4.74 Å². The minimum Gasteiger partial charge on any atom is -0.415 e. The summed E-state index contributed by atoms with van der Waals surface area (Å²) in [5, 5.41) is 6.96. The summed E-state index contributed by atoms with van der Waals surface area (Å²) in [4.78, 5) is 11.5. The Morgan fingerprint density at radius 2 is 1.65 bits per heavy atom. The largest absolute Gasteiger partial charge is 0.415 e. The number of hydrogen-bond donors (Lipinski definition) is 0. The predicted molar refractivity (Wildman–Crippen MR) is 58.0 cm³/mol. The lowest BCUT2D eigenvalue weighted by molar-refractivity contribution is 0.0710. The summed E-state index contributed by atoms with van der Waals surface area (Å²) in [6, 6.07) is 2.60. The minimum absolute atomic E-state index is 0.00762. The average molecular weight is 286 g/mol. The fourth-order valence-electron chi connectivity index (χ4n) is 1.29. The quantitative estimate of drug-likeness (QED) is 0.368. The highest BCUT2D eigenvalue weighted by molar-refractivity contribution is 5.88. The van der Waals surface area contributed by atoms with Crippen molar-refractivity contribution in [2.24, 2.45) is 0 Å². The van der Waals surface area contributed by atoms with Gasteiger partial charge in [-0.05, 0) is 19.1 Å². The second-order valence-electron chi connectivity index (χ2n) is 3.75. The number of benzene rings is 1. The van der Waals surface area contributed by atoms with E-state index in [1.807, 2.05) is 0 Å². The topological polar surface area (TPSA) is 52.1 Å². The molecule has 0 aliphatic heterocycles. The molecule has 8 heteroatoms. The molecule has 0 bridgehead atoms. The van der Waals surface area contributed by atoms with E-state index in [0.717, 1.165) is 0 Å². The maximum atomic E-state index is 13.3. The first kappa shape index (κ1) is 13.9. The molecule has 0 amide bonds. The van der Waals surface area contributed by atoms with E-state index in [4.69, 9.17) is 0 Å². The third-order valence-electron chi connectivity index (χ3n) is 2.27. The van der Waals surface area contributed by atoms with Gasteiger partial charge < -0.3 is 4.74 Å². The molecule has 0 aliphatic rings. The third-order valence-corrected chi connectivity index (χ3v) is 2.27. The van der Waals surface area contributed by atoms with Gasteiger partial charge in [0.15, 0.2) is 17.3 Å². The van der Waals surface area contributed by atoms with Gasteiger partial charge in [0.25, 0.3) is 0 Å². The monoisotopic (exact) mass is 286 g/mol. The van der Waals surface area contributed by atoms with Gasteiger partial charge >= 0.3 is 5.97 Å². The predicted octanol–water partition coefficient (Wildman–Crippen LogP) is 2.56. The van der Waals surface area contributed by atoms with Crippen molar-refractivity contribution < 1.29 is 27.1 Å². The number of halogens is 4. The lowest BCUT2D eigenvalue weighted by Crippen LogP contribution is -2.14. The molecule has 2 aromatic rings. The van der Waals surface area contributed by atoms with Gasteiger partial charge in [-0.25, -0.2) is 13.6 Å². The van der Waals surface area contributed by atoms with Crippen LogP contribution in [-0.4, -0.2) is 16.2 Å². The van der Waals surface area contributed by atoms with Gasteiger partial charge in [0.1, 0.15) is 0 Å². The zero-order valence-electron chi connectivity index (χ0n) is 9.95. The van der Waals surface area contributed by atoms with Crippen LogP contribution in [0.4, 0.5) is 17.6 Å². The fraction of sp³-hybridized carbons (Fsp3) is 0.0833. The summed E-state index contributed by atoms with van der Waals surface area (Å²) < 4.78 is 56.7. The average Bonchev–Trinajstić information content (AvgIpc) is 2.42. The lowest BCUT2D eigenvalue weighted by Gasteiger charge is -2.07. The third kappa shape index (κ3) is 2.58. The van der Waals surface area contributed by atoms with Crippen LogP contribution >= 0.6 is 0 Å². The number of carbonyl (C=O) groups is 1. The summed E-state index contributed by atoms with van der Waals surface area (Å²) in [6.45, 7) is 1.60. The van der Waals surface area contributed by atoms with Gasteiger partial charge in [0, 0.05) is 6.07 Å². The molecule has 20 heavy (non-hydrogen) atoms. The summed E-state index contributed by atoms with van der Waals surface area (Å²) >= 11 is 0. The van der Waals surface area contributed by atoms with Crippen molar-refractivity contribution in [3.8, 4) is 5.75 Å². The first-order chi connectivity index (χ1) is 9.40. The molecule has 0 radical (unpaired) electrons. The Morgan fingerprint density at radius 1 is 1.05 bits per heavy atom. The van der Waals surface area contributed by atoms with E-state index < -0.39 is 35.0 Å². The minimum atomic E-state index is -1.81. The molecule has 0 saturated carbocycles. The molecule has 2 rings (SSSR count). The molecule has 0 saturated heterocycles. The van der Waals surface area contributed by atoms with Crippen LogP contribution in [0.3, 0.4) is 0 Å². The second-order valence-corrected chi connectivity index (χ2v) is 3.75. The van der Waals surface area contributed by atoms with Crippen LogP contribution in [0.5, 0.6) is 5.75 Å². The smallest absolute Gasteiger partial charge is 0.364 e. The van der Waals surface area contributed by atoms with E-state index in [0.29, 0.717) is 5.69 Å². The van der Waals surface area contributed by atoms with Crippen LogP contribution in [0, 0.1) is 30.2 Å². The Balaban J connectivity index is 2.35. The van der Waals surface area contributed by atoms with E-state index in [9.17, 15) is 22.4 Å². The molecule has 0 unspecified atom stereocenters. The Morgan fingerprint density at radius 3 is 2.15 bits per heavy atom. The normalized spacial score (nSPS) is 10.4. The van der Waals surface area contributed by atoms with Crippen LogP contribution in [0.1, 0.15) is 16.2 Å². The Labute approximate surface area is 110 Å². The molecular formula is C12H6F4N2O2. The number of nitrogens with zero attached hydrogens (tertiary/aromatic N) is 2. The molecule has 0 aliphatic carbocycles. The summed E-state index contributed by atoms with van der Waals surface area (Å²) in [7, 11) is 0. The van der Waals surface area contributed by atoms with Gasteiger partial charge in [-0.15, -0.1) is 5.10 Å². The molecule has 0 N–H and O–H groups in total. The molecule has 104 valence electrons. The molecule has 0 atom stereocenters. The highest BCUT2D eigenvalue weighted by atomic mass is 19.2. The fourth-order valence-corrected chi connectivity index (χ4v) is 1.29. The summed E-state index contributed by atoms with van der Waals surface area (Å²) in [5.41, 5.74) is 0.134. The zero-order chi connectivity index (χ0) is 14.9. The van der Waals surface area contributed by atoms with E-state index >= 15 is 0 Å². The van der Waals surface area contributed by atoms with Crippen molar-refractivity contribution in [3.63, 3.8) is 0 Å². The number of rotatable bonds is 2. The number of aryl methyl sites for hydroxylation is 1. The van der Waals surface area contributed by atoms with Crippen LogP contribution in [0.25, 0.3) is 0 Å². The lowest BCUT2D eigenvalue weighted by atomic mass is 10.3. The highest BCUT2D eigenvalue weighted by Gasteiger charge is 2.24. The van der Waals surface area contributed by atoms with Crippen molar-refractivity contribution in [2.75, 3.05) is 0 Å². The van der Waals surface area contributed by atoms with E-state index in [1.54, 1.807) is 6.92 Å². The van der Waals surface area contributed by atoms with Gasteiger partial charge in [-0.2, -0.15) is 13.9 Å². The number of aromatic nitrogens is 2. The first-order valence-electron chi connectivity index (χ1n) is 5.25. The summed E-state index contributed by atoms with van der Waals surface area (Å²) in [6.07, 6.45) is 0. The van der Waals surface area contributed by atoms with Crippen LogP contribution in [0.2, 0.25) is 0 Å². The molecule has 0 spiro atoms. The van der Waals surface area contributed by atoms with Crippen LogP contribution in [-0.2, 0) is 0 Å². The SMILES string of the molecule is Cc1ccc(C(=O)Oc2c(F)c(F)cc(F)c2F)nn1. The number of esters is 1. The maximum Gasteiger partial charge on any atom is 0.364 e. The number of hydrogen-bond acceptors (Lipinski definition) is 4. The highest BCUT2D eigenvalue weighted by Crippen LogP contribution is 2.26. The Kier molecular flexibility index (Phi) is 3.64. The van der Waals surface area contributed by atoms with Gasteiger partial charge in [0.05, 0.1) is 5.69 Å². The van der Waals surface area contributed by atoms with E-state index in [1.165, 1.54) is 12.1 Å². The Bertz CT molecular complexity index is 648. The summed E-state index contributed by atoms with van der Waals surface area (Å²) in [5.74, 6) is -9.73. The molecule has 0 fully saturated rings. The van der Waals surface area contributed by atoms with E-state index in [-0.39, 0.29) is 11.8 Å². The van der Waals surface area contributed by atoms with Gasteiger partial charge in [0.2, 0.25) is 17.4 Å². The second kappa shape index (κ2) is 5.24. The van der Waals surface area contributed by atoms with Crippen molar-refractivity contribution in [1.82, 2.24) is 10.2 Å². The Hall–Kier alpha value is -2.51. The molecule has 1 aromatic carbocycles. The first-order valence-corrected chi connectivity index (χ1v) is 5.25. The molecule has 1 aromatic heterocycles. The molecule has 1 heterocycles. The van der Waals surface area contributed by atoms with Crippen molar-refractivity contribution in [3.05, 3.63) is 52.9 Å². The molecular weight excluding hydrogens is 280 g/mol. The standard InChI is InChI=1S/C12H6F4N2O2/c1-5-2-3-8(18-17-5)12(19)20-11-9(15)6(13)4-7(14)10(11)16/h2-4H,1H3. The number of carbonyl (C=O) groups excluding carboxylic acids is 1. The van der Waals surface area contributed by atoms with Crippen molar-refractivity contribution in [1.29, 1.82) is 0 Å². The van der Waals surface area contributed by atoms with Gasteiger partial charge in [-0.3, -0.25) is 0 Å². The molecule has 4 nitrogen and oxygen atoms in total. The van der Waals surface area contributed by atoms with Crippen molar-refractivity contribution in [2.45, 2.75) is 6.92 Å². The maximum absolute atomic E-state index is 13.3. The van der Waals surface area contributed by atoms with Gasteiger partial charge in [-0.1, -0.05) is 0 Å².